The second-order valence-corrected chi connectivity index (χ2v) is 6.98. The van der Waals surface area contributed by atoms with E-state index in [1.54, 1.807) is 6.07 Å². The number of benzene rings is 1. The van der Waals surface area contributed by atoms with Crippen LogP contribution in [0.15, 0.2) is 59.8 Å². The highest BCUT2D eigenvalue weighted by molar-refractivity contribution is 7.89. The van der Waals surface area contributed by atoms with Gasteiger partial charge in [0.25, 0.3) is 10.0 Å². The Bertz CT molecular complexity index is 958. The Morgan fingerprint density at radius 2 is 1.48 bits per heavy atom. The van der Waals surface area contributed by atoms with Crippen LogP contribution in [-0.2, 0) is 16.2 Å². The second-order valence-electron chi connectivity index (χ2n) is 5.48. The number of hydrogen-bond donors (Lipinski definition) is 1. The van der Waals surface area contributed by atoms with Crippen LogP contribution < -0.4 is 5.14 Å². The van der Waals surface area contributed by atoms with Gasteiger partial charge < -0.3 is 0 Å². The first-order chi connectivity index (χ1) is 11.7. The van der Waals surface area contributed by atoms with E-state index in [1.165, 1.54) is 24.4 Å². The highest BCUT2D eigenvalue weighted by Crippen LogP contribution is 2.37. The Kier molecular flexibility index (Phi) is 4.26. The van der Waals surface area contributed by atoms with Gasteiger partial charge >= 0.3 is 6.18 Å². The molecule has 0 aliphatic heterocycles. The van der Waals surface area contributed by atoms with Crippen molar-refractivity contribution in [3.8, 4) is 0 Å². The lowest BCUT2D eigenvalue weighted by Gasteiger charge is -2.12. The van der Waals surface area contributed by atoms with E-state index < -0.39 is 21.8 Å². The average molecular weight is 366 g/mol. The molecule has 0 spiro atoms. The van der Waals surface area contributed by atoms with Gasteiger partial charge in [0.2, 0.25) is 0 Å². The SMILES string of the molecule is NS(=O)(=O)c1ccc(C2=CCC=C2c2ccc(C(F)(F)F)cc2)cn1. The summed E-state index contributed by atoms with van der Waals surface area (Å²) in [7, 11) is -3.88. The van der Waals surface area contributed by atoms with Crippen molar-refractivity contribution in [3.05, 3.63) is 71.4 Å². The van der Waals surface area contributed by atoms with Gasteiger partial charge in [-0.3, -0.25) is 0 Å². The average Bonchev–Trinajstić information content (AvgIpc) is 3.03. The monoisotopic (exact) mass is 366 g/mol. The Morgan fingerprint density at radius 1 is 0.920 bits per heavy atom. The third-order valence-corrected chi connectivity index (χ3v) is 4.62. The van der Waals surface area contributed by atoms with Crippen LogP contribution in [0.1, 0.15) is 23.1 Å². The molecule has 0 fully saturated rings. The lowest BCUT2D eigenvalue weighted by Crippen LogP contribution is -2.13. The first kappa shape index (κ1) is 17.4. The van der Waals surface area contributed by atoms with Gasteiger partial charge in [0.1, 0.15) is 0 Å². The van der Waals surface area contributed by atoms with Crippen LogP contribution in [0.4, 0.5) is 13.2 Å². The maximum absolute atomic E-state index is 12.7. The molecule has 1 aliphatic rings. The predicted octanol–water partition coefficient (Wildman–Crippen LogP) is 3.62. The number of nitrogens with two attached hydrogens (primary N) is 1. The summed E-state index contributed by atoms with van der Waals surface area (Å²) < 4.78 is 60.6. The van der Waals surface area contributed by atoms with Gasteiger partial charge in [0.15, 0.2) is 5.03 Å². The van der Waals surface area contributed by atoms with Crippen molar-refractivity contribution in [2.24, 2.45) is 5.14 Å². The van der Waals surface area contributed by atoms with E-state index in [4.69, 9.17) is 5.14 Å². The van der Waals surface area contributed by atoms with Crippen LogP contribution in [0.2, 0.25) is 0 Å². The molecule has 3 rings (SSSR count). The van der Waals surface area contributed by atoms with Crippen LogP contribution >= 0.6 is 0 Å². The van der Waals surface area contributed by atoms with E-state index in [1.807, 2.05) is 12.2 Å². The molecule has 1 aromatic heterocycles. The Morgan fingerprint density at radius 3 is 1.96 bits per heavy atom. The summed E-state index contributed by atoms with van der Waals surface area (Å²) >= 11 is 0. The fraction of sp³-hybridized carbons (Fsp3) is 0.118. The maximum atomic E-state index is 12.7. The van der Waals surface area contributed by atoms with Crippen molar-refractivity contribution >= 4 is 21.2 Å². The van der Waals surface area contributed by atoms with Crippen LogP contribution in [0.25, 0.3) is 11.1 Å². The number of allylic oxidation sites excluding steroid dienone is 4. The fourth-order valence-electron chi connectivity index (χ4n) is 2.61. The molecular weight excluding hydrogens is 353 g/mol. The molecule has 0 bridgehead atoms. The highest BCUT2D eigenvalue weighted by Gasteiger charge is 2.30. The number of rotatable bonds is 3. The highest BCUT2D eigenvalue weighted by atomic mass is 32.2. The van der Waals surface area contributed by atoms with Crippen LogP contribution in [0.3, 0.4) is 0 Å². The summed E-state index contributed by atoms with van der Waals surface area (Å²) in [6.07, 6.45) is 1.43. The van der Waals surface area contributed by atoms with Gasteiger partial charge in [-0.25, -0.2) is 18.5 Å². The number of alkyl halides is 3. The third-order valence-electron chi connectivity index (χ3n) is 3.80. The molecule has 1 aromatic carbocycles. The maximum Gasteiger partial charge on any atom is 0.416 e. The largest absolute Gasteiger partial charge is 0.416 e. The molecular formula is C17H13F3N2O2S. The number of aromatic nitrogens is 1. The summed E-state index contributed by atoms with van der Waals surface area (Å²) in [5.74, 6) is 0. The van der Waals surface area contributed by atoms with Crippen LogP contribution in [0, 0.1) is 0 Å². The summed E-state index contributed by atoms with van der Waals surface area (Å²) in [5, 5.41) is 4.78. The Balaban J connectivity index is 1.91. The number of primary sulfonamides is 1. The number of pyridine rings is 1. The number of hydrogen-bond acceptors (Lipinski definition) is 3. The molecule has 0 saturated heterocycles. The van der Waals surface area contributed by atoms with Crippen LogP contribution in [0.5, 0.6) is 0 Å². The van der Waals surface area contributed by atoms with Crippen molar-refractivity contribution in [2.75, 3.05) is 0 Å². The molecule has 1 aliphatic carbocycles. The molecule has 0 unspecified atom stereocenters. The number of sulfonamides is 1. The molecule has 2 aromatic rings. The molecule has 0 radical (unpaired) electrons. The predicted molar refractivity (Wildman–Crippen MR) is 87.6 cm³/mol. The van der Waals surface area contributed by atoms with Gasteiger partial charge in [0.05, 0.1) is 5.56 Å². The first-order valence-electron chi connectivity index (χ1n) is 7.24. The van der Waals surface area contributed by atoms with Crippen molar-refractivity contribution in [3.63, 3.8) is 0 Å². The van der Waals surface area contributed by atoms with Crippen molar-refractivity contribution in [1.82, 2.24) is 4.98 Å². The van der Waals surface area contributed by atoms with Crippen LogP contribution in [-0.4, -0.2) is 13.4 Å². The molecule has 2 N–H and O–H groups in total. The normalized spacial score (nSPS) is 15.0. The first-order valence-corrected chi connectivity index (χ1v) is 8.78. The van der Waals surface area contributed by atoms with E-state index in [9.17, 15) is 21.6 Å². The molecule has 4 nitrogen and oxygen atoms in total. The lowest BCUT2D eigenvalue weighted by molar-refractivity contribution is -0.137. The minimum atomic E-state index is -4.38. The number of nitrogens with zero attached hydrogens (tertiary/aromatic N) is 1. The zero-order valence-corrected chi connectivity index (χ0v) is 13.6. The molecule has 0 amide bonds. The van der Waals surface area contributed by atoms with E-state index in [-0.39, 0.29) is 5.03 Å². The standard InChI is InChI=1S/C17H13F3N2O2S/c18-17(19,20)13-7-4-11(5-8-13)14-2-1-3-15(14)12-6-9-16(22-10-12)25(21,23)24/h2-10H,1H2,(H2,21,23,24). The summed E-state index contributed by atoms with van der Waals surface area (Å²) in [6, 6.07) is 7.78. The van der Waals surface area contributed by atoms with E-state index in [0.717, 1.165) is 23.3 Å². The number of halogens is 3. The Hall–Kier alpha value is -2.45. The minimum absolute atomic E-state index is 0.241. The zero-order valence-electron chi connectivity index (χ0n) is 12.8. The van der Waals surface area contributed by atoms with E-state index >= 15 is 0 Å². The molecule has 8 heteroatoms. The van der Waals surface area contributed by atoms with Gasteiger partial charge in [0, 0.05) is 11.8 Å². The summed E-state index contributed by atoms with van der Waals surface area (Å²) in [5.41, 5.74) is 2.16. The summed E-state index contributed by atoms with van der Waals surface area (Å²) in [6.45, 7) is 0. The van der Waals surface area contributed by atoms with E-state index in [2.05, 4.69) is 4.98 Å². The second kappa shape index (κ2) is 6.12. The minimum Gasteiger partial charge on any atom is -0.243 e. The van der Waals surface area contributed by atoms with Gasteiger partial charge in [-0.1, -0.05) is 24.3 Å². The molecule has 1 heterocycles. The van der Waals surface area contributed by atoms with Gasteiger partial charge in [-0.2, -0.15) is 13.2 Å². The fourth-order valence-corrected chi connectivity index (χ4v) is 3.07. The van der Waals surface area contributed by atoms with Gasteiger partial charge in [-0.05, 0) is 47.4 Å². The molecule has 130 valence electrons. The zero-order chi connectivity index (χ0) is 18.2. The van der Waals surface area contributed by atoms with E-state index in [0.29, 0.717) is 17.5 Å². The van der Waals surface area contributed by atoms with Crippen molar-refractivity contribution in [2.45, 2.75) is 17.6 Å². The topological polar surface area (TPSA) is 73.1 Å². The quantitative estimate of drug-likeness (QED) is 0.902. The van der Waals surface area contributed by atoms with Gasteiger partial charge in [-0.15, -0.1) is 0 Å². The Labute approximate surface area is 142 Å². The summed E-state index contributed by atoms with van der Waals surface area (Å²) in [4.78, 5) is 3.84. The third kappa shape index (κ3) is 3.64. The van der Waals surface area contributed by atoms with Crippen molar-refractivity contribution < 1.29 is 21.6 Å². The molecule has 0 saturated carbocycles. The lowest BCUT2D eigenvalue weighted by atomic mass is 9.95. The molecule has 0 atom stereocenters. The smallest absolute Gasteiger partial charge is 0.243 e. The van der Waals surface area contributed by atoms with Crippen molar-refractivity contribution in [1.29, 1.82) is 0 Å². The molecule has 25 heavy (non-hydrogen) atoms.